The van der Waals surface area contributed by atoms with Crippen LogP contribution in [-0.2, 0) is 19.4 Å². The summed E-state index contributed by atoms with van der Waals surface area (Å²) in [4.78, 5) is 28.4. The first-order valence-corrected chi connectivity index (χ1v) is 12.3. The fourth-order valence-electron chi connectivity index (χ4n) is 2.86. The SMILES string of the molecule is N#C/C(=C\c1ccc(/C=C2/SC(=S)N(CCCC(=O)O)C2=O)cc1)S(=O)(=O)c1ccccn1. The minimum Gasteiger partial charge on any atom is -0.481 e. The molecule has 1 saturated heterocycles. The van der Waals surface area contributed by atoms with E-state index in [9.17, 15) is 23.3 Å². The van der Waals surface area contributed by atoms with Gasteiger partial charge in [0.2, 0.25) is 9.84 Å². The second kappa shape index (κ2) is 10.5. The molecule has 1 aliphatic heterocycles. The van der Waals surface area contributed by atoms with E-state index in [1.54, 1.807) is 42.5 Å². The van der Waals surface area contributed by atoms with Gasteiger partial charge in [0.25, 0.3) is 5.91 Å². The van der Waals surface area contributed by atoms with E-state index in [0.717, 1.165) is 11.8 Å². The topological polar surface area (TPSA) is 128 Å². The van der Waals surface area contributed by atoms with Gasteiger partial charge in [-0.3, -0.25) is 14.5 Å². The Kier molecular flexibility index (Phi) is 7.75. The summed E-state index contributed by atoms with van der Waals surface area (Å²) in [5, 5.41) is 17.9. The van der Waals surface area contributed by atoms with Crippen molar-refractivity contribution in [1.29, 1.82) is 5.26 Å². The molecule has 1 aromatic carbocycles. The minimum atomic E-state index is -4.04. The molecule has 1 amide bonds. The second-order valence-electron chi connectivity index (χ2n) is 6.79. The van der Waals surface area contributed by atoms with Crippen LogP contribution in [0.4, 0.5) is 0 Å². The summed E-state index contributed by atoms with van der Waals surface area (Å²) in [7, 11) is -4.04. The molecule has 0 radical (unpaired) electrons. The number of nitriles is 1. The maximum absolute atomic E-state index is 12.6. The minimum absolute atomic E-state index is 0.0498. The van der Waals surface area contributed by atoms with E-state index in [4.69, 9.17) is 17.3 Å². The molecular weight excluding hydrogens is 482 g/mol. The molecule has 2 aromatic rings. The van der Waals surface area contributed by atoms with E-state index in [1.807, 2.05) is 0 Å². The van der Waals surface area contributed by atoms with Crippen LogP contribution in [0.1, 0.15) is 24.0 Å². The number of nitrogens with zero attached hydrogens (tertiary/aromatic N) is 3. The standard InChI is InChI=1S/C22H17N3O5S3/c23-14-17(33(29,30)19-4-1-2-10-24-19)12-15-6-8-16(9-7-15)13-18-21(28)25(22(31)32-18)11-3-5-20(26)27/h1-2,4,6-10,12-13H,3,5,11H2,(H,26,27)/b17-12+,18-13+. The molecule has 0 saturated carbocycles. The summed E-state index contributed by atoms with van der Waals surface area (Å²) in [6.07, 6.45) is 4.51. The summed E-state index contributed by atoms with van der Waals surface area (Å²) in [5.41, 5.74) is 1.17. The number of sulfone groups is 1. The van der Waals surface area contributed by atoms with Crippen LogP contribution in [-0.4, -0.2) is 46.1 Å². The third kappa shape index (κ3) is 5.92. The summed E-state index contributed by atoms with van der Waals surface area (Å²) >= 11 is 6.36. The molecule has 8 nitrogen and oxygen atoms in total. The van der Waals surface area contributed by atoms with Gasteiger partial charge in [-0.25, -0.2) is 13.4 Å². The zero-order chi connectivity index (χ0) is 24.0. The number of thioether (sulfide) groups is 1. The van der Waals surface area contributed by atoms with E-state index in [-0.39, 0.29) is 23.9 Å². The number of carbonyl (C=O) groups excluding carboxylic acids is 1. The first kappa shape index (κ1) is 24.3. The van der Waals surface area contributed by atoms with Crippen molar-refractivity contribution >= 4 is 62.2 Å². The van der Waals surface area contributed by atoms with Crippen LogP contribution < -0.4 is 0 Å². The lowest BCUT2D eigenvalue weighted by Gasteiger charge is -2.13. The van der Waals surface area contributed by atoms with Gasteiger partial charge in [0, 0.05) is 19.2 Å². The molecule has 33 heavy (non-hydrogen) atoms. The molecule has 0 aliphatic carbocycles. The first-order valence-electron chi connectivity index (χ1n) is 9.57. The van der Waals surface area contributed by atoms with E-state index in [2.05, 4.69) is 4.98 Å². The lowest BCUT2D eigenvalue weighted by molar-refractivity contribution is -0.137. The number of pyridine rings is 1. The third-order valence-corrected chi connectivity index (χ3v) is 7.45. The molecule has 3 rings (SSSR count). The Bertz CT molecular complexity index is 1300. The van der Waals surface area contributed by atoms with Crippen molar-refractivity contribution in [3.8, 4) is 6.07 Å². The van der Waals surface area contributed by atoms with E-state index < -0.39 is 20.7 Å². The smallest absolute Gasteiger partial charge is 0.303 e. The quantitative estimate of drug-likeness (QED) is 0.330. The summed E-state index contributed by atoms with van der Waals surface area (Å²) in [6.45, 7) is 0.236. The molecule has 0 atom stereocenters. The number of carboxylic acids is 1. The molecule has 0 bridgehead atoms. The zero-order valence-electron chi connectivity index (χ0n) is 17.0. The molecular formula is C22H17N3O5S3. The fourth-order valence-corrected chi connectivity index (χ4v) is 5.26. The Morgan fingerprint density at radius 2 is 1.91 bits per heavy atom. The Hall–Kier alpha value is -3.33. The Labute approximate surface area is 200 Å². The Balaban J connectivity index is 1.77. The van der Waals surface area contributed by atoms with Crippen LogP contribution in [0.25, 0.3) is 12.2 Å². The number of amides is 1. The molecule has 1 fully saturated rings. The molecule has 2 heterocycles. The van der Waals surface area contributed by atoms with Crippen molar-refractivity contribution in [2.75, 3.05) is 6.54 Å². The fraction of sp³-hybridized carbons (Fsp3) is 0.136. The van der Waals surface area contributed by atoms with Crippen LogP contribution >= 0.6 is 24.0 Å². The average Bonchev–Trinajstić information content (AvgIpc) is 3.06. The summed E-state index contributed by atoms with van der Waals surface area (Å²) in [5.74, 6) is -1.22. The number of aromatic nitrogens is 1. The van der Waals surface area contributed by atoms with Crippen molar-refractivity contribution in [3.05, 3.63) is 69.6 Å². The molecule has 168 valence electrons. The number of carboxylic acid groups (broad SMARTS) is 1. The van der Waals surface area contributed by atoms with Crippen molar-refractivity contribution in [1.82, 2.24) is 9.88 Å². The van der Waals surface area contributed by atoms with Crippen molar-refractivity contribution in [2.24, 2.45) is 0 Å². The number of allylic oxidation sites excluding steroid dienone is 1. The lowest BCUT2D eigenvalue weighted by atomic mass is 10.1. The number of rotatable bonds is 8. The predicted octanol–water partition coefficient (Wildman–Crippen LogP) is 3.49. The number of thiocarbonyl (C=S) groups is 1. The lowest BCUT2D eigenvalue weighted by Crippen LogP contribution is -2.29. The van der Waals surface area contributed by atoms with Gasteiger partial charge in [0.1, 0.15) is 10.4 Å². The number of aliphatic carboxylic acids is 1. The number of hydrogen-bond donors (Lipinski definition) is 1. The van der Waals surface area contributed by atoms with Gasteiger partial charge in [0.05, 0.1) is 4.91 Å². The molecule has 0 unspecified atom stereocenters. The second-order valence-corrected chi connectivity index (χ2v) is 10.3. The molecule has 1 N–H and O–H groups in total. The van der Waals surface area contributed by atoms with E-state index >= 15 is 0 Å². The van der Waals surface area contributed by atoms with E-state index in [0.29, 0.717) is 26.8 Å². The molecule has 1 aliphatic rings. The predicted molar refractivity (Wildman–Crippen MR) is 128 cm³/mol. The van der Waals surface area contributed by atoms with Gasteiger partial charge in [0.15, 0.2) is 9.93 Å². The van der Waals surface area contributed by atoms with E-state index in [1.165, 1.54) is 29.3 Å². The number of carbonyl (C=O) groups is 2. The zero-order valence-corrected chi connectivity index (χ0v) is 19.5. The van der Waals surface area contributed by atoms with Gasteiger partial charge in [-0.15, -0.1) is 0 Å². The largest absolute Gasteiger partial charge is 0.481 e. The molecule has 11 heteroatoms. The number of benzene rings is 1. The monoisotopic (exact) mass is 499 g/mol. The highest BCUT2D eigenvalue weighted by molar-refractivity contribution is 8.26. The Morgan fingerprint density at radius 3 is 2.52 bits per heavy atom. The normalized spacial score (nSPS) is 15.7. The summed E-state index contributed by atoms with van der Waals surface area (Å²) in [6, 6.07) is 12.8. The molecule has 0 spiro atoms. The van der Waals surface area contributed by atoms with Crippen LogP contribution in [0.3, 0.4) is 0 Å². The summed E-state index contributed by atoms with van der Waals surface area (Å²) < 4.78 is 25.6. The van der Waals surface area contributed by atoms with Gasteiger partial charge in [-0.1, -0.05) is 54.3 Å². The maximum atomic E-state index is 12.6. The average molecular weight is 500 g/mol. The van der Waals surface area contributed by atoms with Crippen LogP contribution in [0.15, 0.2) is 63.5 Å². The maximum Gasteiger partial charge on any atom is 0.303 e. The van der Waals surface area contributed by atoms with Crippen LogP contribution in [0.5, 0.6) is 0 Å². The van der Waals surface area contributed by atoms with Gasteiger partial charge in [-0.05, 0) is 41.8 Å². The first-order chi connectivity index (χ1) is 15.7. The molecule has 1 aromatic heterocycles. The Morgan fingerprint density at radius 1 is 1.21 bits per heavy atom. The van der Waals surface area contributed by atoms with Gasteiger partial charge >= 0.3 is 5.97 Å². The van der Waals surface area contributed by atoms with Crippen molar-refractivity contribution in [3.63, 3.8) is 0 Å². The van der Waals surface area contributed by atoms with Gasteiger partial charge in [-0.2, -0.15) is 5.26 Å². The van der Waals surface area contributed by atoms with Crippen molar-refractivity contribution < 1.29 is 23.1 Å². The highest BCUT2D eigenvalue weighted by atomic mass is 32.2. The van der Waals surface area contributed by atoms with Gasteiger partial charge < -0.3 is 5.11 Å². The van der Waals surface area contributed by atoms with Crippen LogP contribution in [0.2, 0.25) is 0 Å². The highest BCUT2D eigenvalue weighted by Crippen LogP contribution is 2.32. The highest BCUT2D eigenvalue weighted by Gasteiger charge is 2.31. The number of hydrogen-bond acceptors (Lipinski definition) is 8. The third-order valence-electron chi connectivity index (χ3n) is 4.49. The van der Waals surface area contributed by atoms with Crippen molar-refractivity contribution in [2.45, 2.75) is 17.9 Å². The van der Waals surface area contributed by atoms with Crippen LogP contribution in [0, 0.1) is 11.3 Å².